The summed E-state index contributed by atoms with van der Waals surface area (Å²) < 4.78 is 33.4. The first-order valence-corrected chi connectivity index (χ1v) is 7.69. The second-order valence-corrected chi connectivity index (χ2v) is 7.07. The van der Waals surface area contributed by atoms with Crippen molar-refractivity contribution in [3.8, 4) is 0 Å². The molecule has 0 bridgehead atoms. The van der Waals surface area contributed by atoms with Crippen LogP contribution in [0.25, 0.3) is 0 Å². The quantitative estimate of drug-likeness (QED) is 0.785. The van der Waals surface area contributed by atoms with Crippen molar-refractivity contribution in [1.29, 1.82) is 0 Å². The van der Waals surface area contributed by atoms with Crippen LogP contribution in [0, 0.1) is 0 Å². The molecular formula is C14H21O3S-. The van der Waals surface area contributed by atoms with E-state index in [0.717, 1.165) is 11.1 Å². The average Bonchev–Trinajstić information content (AvgIpc) is 2.26. The Balaban J connectivity index is 3.36. The minimum atomic E-state index is -4.29. The maximum atomic E-state index is 11.1. The van der Waals surface area contributed by atoms with Crippen LogP contribution >= 0.6 is 0 Å². The van der Waals surface area contributed by atoms with E-state index in [1.54, 1.807) is 0 Å². The molecule has 0 aromatic heterocycles. The molecular weight excluding hydrogens is 248 g/mol. The van der Waals surface area contributed by atoms with Gasteiger partial charge in [0.2, 0.25) is 0 Å². The predicted molar refractivity (Wildman–Crippen MR) is 72.7 cm³/mol. The topological polar surface area (TPSA) is 57.2 Å². The Morgan fingerprint density at radius 3 is 1.44 bits per heavy atom. The monoisotopic (exact) mass is 269 g/mol. The molecule has 3 nitrogen and oxygen atoms in total. The summed E-state index contributed by atoms with van der Waals surface area (Å²) in [6.07, 6.45) is 0. The van der Waals surface area contributed by atoms with E-state index in [1.807, 2.05) is 12.1 Å². The SMILES string of the molecule is CC(C)c1cc(C(C)C)cc(C(C)S(=O)(=O)[O-])c1. The standard InChI is InChI=1S/C14H22O3S/c1-9(2)12-6-13(10(3)4)8-14(7-12)11(5)18(15,16)17/h6-11H,1-5H3,(H,15,16,17)/p-1. The molecule has 4 heteroatoms. The predicted octanol–water partition coefficient (Wildman–Crippen LogP) is 3.54. The molecule has 0 radical (unpaired) electrons. The number of benzene rings is 1. The molecule has 0 heterocycles. The molecule has 0 aliphatic carbocycles. The van der Waals surface area contributed by atoms with Gasteiger partial charge in [0.25, 0.3) is 0 Å². The minimum absolute atomic E-state index is 0.309. The van der Waals surface area contributed by atoms with Crippen LogP contribution < -0.4 is 0 Å². The van der Waals surface area contributed by atoms with Crippen LogP contribution in [0.5, 0.6) is 0 Å². The zero-order valence-corrected chi connectivity index (χ0v) is 12.4. The third kappa shape index (κ3) is 3.56. The van der Waals surface area contributed by atoms with Crippen molar-refractivity contribution >= 4 is 10.1 Å². The Kier molecular flexibility index (Phi) is 4.56. The molecule has 1 aromatic rings. The van der Waals surface area contributed by atoms with Crippen LogP contribution in [0.2, 0.25) is 0 Å². The number of hydrogen-bond acceptors (Lipinski definition) is 3. The zero-order valence-electron chi connectivity index (χ0n) is 11.6. The van der Waals surface area contributed by atoms with Crippen LogP contribution in [0.15, 0.2) is 18.2 Å². The summed E-state index contributed by atoms with van der Waals surface area (Å²) in [6, 6.07) is 5.75. The lowest BCUT2D eigenvalue weighted by atomic mass is 9.92. The van der Waals surface area contributed by atoms with Crippen molar-refractivity contribution in [3.05, 3.63) is 34.9 Å². The van der Waals surface area contributed by atoms with E-state index in [-0.39, 0.29) is 0 Å². The Bertz CT molecular complexity index is 490. The van der Waals surface area contributed by atoms with Gasteiger partial charge in [-0.25, -0.2) is 8.42 Å². The van der Waals surface area contributed by atoms with E-state index in [4.69, 9.17) is 0 Å². The average molecular weight is 269 g/mol. The molecule has 0 N–H and O–H groups in total. The van der Waals surface area contributed by atoms with Gasteiger partial charge in [-0.15, -0.1) is 0 Å². The highest BCUT2D eigenvalue weighted by molar-refractivity contribution is 7.85. The third-order valence-corrected chi connectivity index (χ3v) is 4.37. The highest BCUT2D eigenvalue weighted by Crippen LogP contribution is 2.29. The van der Waals surface area contributed by atoms with Gasteiger partial charge in [-0.1, -0.05) is 45.9 Å². The Morgan fingerprint density at radius 1 is 0.833 bits per heavy atom. The van der Waals surface area contributed by atoms with Crippen molar-refractivity contribution in [2.75, 3.05) is 0 Å². The first-order chi connectivity index (χ1) is 8.12. The first kappa shape index (κ1) is 15.2. The molecule has 1 unspecified atom stereocenters. The van der Waals surface area contributed by atoms with E-state index >= 15 is 0 Å². The summed E-state index contributed by atoms with van der Waals surface area (Å²) in [6.45, 7) is 9.67. The smallest absolute Gasteiger partial charge is 0.101 e. The second kappa shape index (κ2) is 5.41. The second-order valence-electron chi connectivity index (χ2n) is 5.38. The molecule has 0 spiro atoms. The van der Waals surface area contributed by atoms with E-state index in [0.29, 0.717) is 17.4 Å². The molecule has 102 valence electrons. The lowest BCUT2D eigenvalue weighted by Crippen LogP contribution is -2.10. The van der Waals surface area contributed by atoms with Crippen molar-refractivity contribution in [2.45, 2.75) is 51.7 Å². The maximum absolute atomic E-state index is 11.1. The Hall–Kier alpha value is -0.870. The van der Waals surface area contributed by atoms with Gasteiger partial charge in [-0.3, -0.25) is 0 Å². The summed E-state index contributed by atoms with van der Waals surface area (Å²) in [5.74, 6) is 0.619. The van der Waals surface area contributed by atoms with Crippen molar-refractivity contribution in [2.24, 2.45) is 0 Å². The van der Waals surface area contributed by atoms with Gasteiger partial charge < -0.3 is 4.55 Å². The van der Waals surface area contributed by atoms with Gasteiger partial charge in [0.1, 0.15) is 10.1 Å². The van der Waals surface area contributed by atoms with Gasteiger partial charge >= 0.3 is 0 Å². The fraction of sp³-hybridized carbons (Fsp3) is 0.571. The van der Waals surface area contributed by atoms with Gasteiger partial charge in [0, 0.05) is 0 Å². The minimum Gasteiger partial charge on any atom is -0.747 e. The molecule has 0 amide bonds. The zero-order chi connectivity index (χ0) is 14.1. The van der Waals surface area contributed by atoms with E-state index in [2.05, 4.69) is 33.8 Å². The van der Waals surface area contributed by atoms with Crippen molar-refractivity contribution in [1.82, 2.24) is 0 Å². The summed E-state index contributed by atoms with van der Waals surface area (Å²) in [5.41, 5.74) is 2.75. The molecule has 0 fully saturated rings. The van der Waals surface area contributed by atoms with Gasteiger partial charge in [0.05, 0.1) is 5.25 Å². The fourth-order valence-corrected chi connectivity index (χ4v) is 2.24. The van der Waals surface area contributed by atoms with E-state index < -0.39 is 15.4 Å². The number of hydrogen-bond donors (Lipinski definition) is 0. The molecule has 0 aliphatic rings. The van der Waals surface area contributed by atoms with E-state index in [1.165, 1.54) is 6.92 Å². The maximum Gasteiger partial charge on any atom is 0.101 e. The molecule has 1 atom stereocenters. The Morgan fingerprint density at radius 2 is 1.17 bits per heavy atom. The summed E-state index contributed by atoms with van der Waals surface area (Å²) in [7, 11) is -4.29. The Labute approximate surface area is 110 Å². The largest absolute Gasteiger partial charge is 0.747 e. The highest BCUT2D eigenvalue weighted by atomic mass is 32.2. The number of rotatable bonds is 4. The molecule has 0 aliphatic heterocycles. The van der Waals surface area contributed by atoms with Crippen LogP contribution in [0.1, 0.15) is 68.4 Å². The van der Waals surface area contributed by atoms with Crippen LogP contribution in [0.3, 0.4) is 0 Å². The normalized spacial score (nSPS) is 14.2. The van der Waals surface area contributed by atoms with Gasteiger partial charge in [-0.05, 0) is 35.4 Å². The molecule has 0 saturated heterocycles. The summed E-state index contributed by atoms with van der Waals surface area (Å²) in [5, 5.41) is -0.992. The van der Waals surface area contributed by atoms with Gasteiger partial charge in [0.15, 0.2) is 0 Å². The van der Waals surface area contributed by atoms with Crippen LogP contribution in [-0.2, 0) is 10.1 Å². The summed E-state index contributed by atoms with van der Waals surface area (Å²) >= 11 is 0. The molecule has 1 aromatic carbocycles. The lowest BCUT2D eigenvalue weighted by molar-refractivity contribution is 0.452. The summed E-state index contributed by atoms with van der Waals surface area (Å²) in [4.78, 5) is 0. The van der Waals surface area contributed by atoms with Gasteiger partial charge in [-0.2, -0.15) is 0 Å². The molecule has 1 rings (SSSR count). The third-order valence-electron chi connectivity index (χ3n) is 3.24. The van der Waals surface area contributed by atoms with Crippen LogP contribution in [-0.4, -0.2) is 13.0 Å². The van der Waals surface area contributed by atoms with Crippen molar-refractivity contribution in [3.63, 3.8) is 0 Å². The van der Waals surface area contributed by atoms with Crippen LogP contribution in [0.4, 0.5) is 0 Å². The first-order valence-electron chi connectivity index (χ1n) is 6.22. The lowest BCUT2D eigenvalue weighted by Gasteiger charge is -2.20. The molecule has 18 heavy (non-hydrogen) atoms. The molecule has 0 saturated carbocycles. The highest BCUT2D eigenvalue weighted by Gasteiger charge is 2.16. The van der Waals surface area contributed by atoms with E-state index in [9.17, 15) is 13.0 Å². The fourth-order valence-electron chi connectivity index (χ4n) is 1.77. The van der Waals surface area contributed by atoms with Crippen molar-refractivity contribution < 1.29 is 13.0 Å².